The number of carbonyl (C=O) groups excluding carboxylic acids is 1. The molecule has 0 fully saturated rings. The quantitative estimate of drug-likeness (QED) is 0.635. The molecule has 24 heavy (non-hydrogen) atoms. The summed E-state index contributed by atoms with van der Waals surface area (Å²) in [5, 5.41) is 12.5. The number of para-hydroxylation sites is 1. The lowest BCUT2D eigenvalue weighted by Gasteiger charge is -2.13. The third-order valence-electron chi connectivity index (χ3n) is 3.03. The predicted molar refractivity (Wildman–Crippen MR) is 95.9 cm³/mol. The molecule has 1 N–H and O–H groups in total. The molecule has 0 aliphatic rings. The topological polar surface area (TPSA) is 62.1 Å². The van der Waals surface area contributed by atoms with Gasteiger partial charge in [0.15, 0.2) is 0 Å². The van der Waals surface area contributed by atoms with Gasteiger partial charge in [-0.3, -0.25) is 4.79 Å². The largest absolute Gasteiger partial charge is 0.490 e. The highest BCUT2D eigenvalue weighted by atomic mass is 35.5. The molecule has 0 saturated carbocycles. The maximum Gasteiger partial charge on any atom is 0.266 e. The first-order valence-electron chi connectivity index (χ1n) is 7.44. The van der Waals surface area contributed by atoms with Gasteiger partial charge in [0.05, 0.1) is 6.10 Å². The van der Waals surface area contributed by atoms with Crippen LogP contribution in [0.5, 0.6) is 5.75 Å². The summed E-state index contributed by atoms with van der Waals surface area (Å²) in [7, 11) is 0. The highest BCUT2D eigenvalue weighted by molar-refractivity contribution is 6.30. The number of anilines is 1. The molecule has 0 unspecified atom stereocenters. The van der Waals surface area contributed by atoms with E-state index in [0.717, 1.165) is 0 Å². The van der Waals surface area contributed by atoms with Gasteiger partial charge >= 0.3 is 0 Å². The van der Waals surface area contributed by atoms with E-state index in [1.165, 1.54) is 6.08 Å². The van der Waals surface area contributed by atoms with Crippen molar-refractivity contribution in [3.05, 3.63) is 64.7 Å². The second-order valence-corrected chi connectivity index (χ2v) is 5.78. The first-order chi connectivity index (χ1) is 11.5. The molecule has 0 bridgehead atoms. The number of halogens is 1. The zero-order valence-electron chi connectivity index (χ0n) is 13.4. The molecule has 0 heterocycles. The highest BCUT2D eigenvalue weighted by Crippen LogP contribution is 2.26. The van der Waals surface area contributed by atoms with E-state index < -0.39 is 5.91 Å². The maximum absolute atomic E-state index is 12.3. The zero-order chi connectivity index (χ0) is 17.5. The third kappa shape index (κ3) is 4.87. The molecule has 2 aromatic rings. The monoisotopic (exact) mass is 340 g/mol. The smallest absolute Gasteiger partial charge is 0.266 e. The van der Waals surface area contributed by atoms with Crippen molar-refractivity contribution in [1.29, 1.82) is 5.26 Å². The fraction of sp³-hybridized carbons (Fsp3) is 0.158. The third-order valence-corrected chi connectivity index (χ3v) is 3.27. The summed E-state index contributed by atoms with van der Waals surface area (Å²) in [6.07, 6.45) is 1.43. The van der Waals surface area contributed by atoms with Crippen LogP contribution in [0.3, 0.4) is 0 Å². The lowest BCUT2D eigenvalue weighted by atomic mass is 10.1. The summed E-state index contributed by atoms with van der Waals surface area (Å²) >= 11 is 6.02. The Hall–Kier alpha value is -2.77. The van der Waals surface area contributed by atoms with Crippen LogP contribution >= 0.6 is 11.6 Å². The second-order valence-electron chi connectivity index (χ2n) is 5.34. The van der Waals surface area contributed by atoms with Gasteiger partial charge in [0, 0.05) is 16.3 Å². The Labute approximate surface area is 146 Å². The number of carbonyl (C=O) groups is 1. The molecular formula is C19H17ClN2O2. The van der Waals surface area contributed by atoms with Crippen LogP contribution in [0.25, 0.3) is 6.08 Å². The van der Waals surface area contributed by atoms with Crippen LogP contribution in [0.15, 0.2) is 54.1 Å². The summed E-state index contributed by atoms with van der Waals surface area (Å²) in [6.45, 7) is 3.80. The van der Waals surface area contributed by atoms with E-state index in [-0.39, 0.29) is 11.7 Å². The molecule has 0 aromatic heterocycles. The molecular weight excluding hydrogens is 324 g/mol. The van der Waals surface area contributed by atoms with Gasteiger partial charge in [0.25, 0.3) is 5.91 Å². The molecule has 0 spiro atoms. The highest BCUT2D eigenvalue weighted by Gasteiger charge is 2.12. The van der Waals surface area contributed by atoms with E-state index >= 15 is 0 Å². The number of nitrogens with zero attached hydrogens (tertiary/aromatic N) is 1. The van der Waals surface area contributed by atoms with Crippen molar-refractivity contribution < 1.29 is 9.53 Å². The lowest BCUT2D eigenvalue weighted by Crippen LogP contribution is -2.13. The Morgan fingerprint density at radius 2 is 1.96 bits per heavy atom. The number of benzene rings is 2. The summed E-state index contributed by atoms with van der Waals surface area (Å²) in [5.41, 5.74) is 1.17. The molecule has 0 aliphatic carbocycles. The van der Waals surface area contributed by atoms with E-state index in [2.05, 4.69) is 5.32 Å². The minimum absolute atomic E-state index is 0.0327. The van der Waals surface area contributed by atoms with Gasteiger partial charge in [-0.15, -0.1) is 0 Å². The van der Waals surface area contributed by atoms with Crippen molar-refractivity contribution in [3.8, 4) is 11.8 Å². The van der Waals surface area contributed by atoms with Crippen molar-refractivity contribution in [2.45, 2.75) is 20.0 Å². The van der Waals surface area contributed by atoms with E-state index in [9.17, 15) is 10.1 Å². The molecule has 0 saturated heterocycles. The zero-order valence-corrected chi connectivity index (χ0v) is 14.2. The van der Waals surface area contributed by atoms with Gasteiger partial charge in [0.1, 0.15) is 17.4 Å². The SMILES string of the molecule is CC(C)Oc1ccc(Cl)cc1/C=C(\C#N)C(=O)Nc1ccccc1. The normalized spacial score (nSPS) is 11.0. The molecule has 2 rings (SSSR count). The van der Waals surface area contributed by atoms with E-state index in [1.807, 2.05) is 26.0 Å². The molecule has 122 valence electrons. The van der Waals surface area contributed by atoms with Crippen LogP contribution in [0.2, 0.25) is 5.02 Å². The van der Waals surface area contributed by atoms with Gasteiger partial charge in [-0.1, -0.05) is 29.8 Å². The summed E-state index contributed by atoms with van der Waals surface area (Å²) < 4.78 is 5.70. The fourth-order valence-corrected chi connectivity index (χ4v) is 2.20. The maximum atomic E-state index is 12.3. The Kier molecular flexibility index (Phi) is 6.00. The number of amides is 1. The number of nitrogens with one attached hydrogen (secondary N) is 1. The molecule has 2 aromatic carbocycles. The van der Waals surface area contributed by atoms with Crippen LogP contribution in [0, 0.1) is 11.3 Å². The van der Waals surface area contributed by atoms with Gasteiger partial charge in [0.2, 0.25) is 0 Å². The molecule has 0 aliphatic heterocycles. The number of hydrogen-bond acceptors (Lipinski definition) is 3. The summed E-state index contributed by atoms with van der Waals surface area (Å²) in [5.74, 6) is 0.0776. The Bertz CT molecular complexity index is 793. The molecule has 0 radical (unpaired) electrons. The molecule has 1 amide bonds. The minimum atomic E-state index is -0.487. The first-order valence-corrected chi connectivity index (χ1v) is 7.82. The predicted octanol–water partition coefficient (Wildman–Crippen LogP) is 4.67. The second kappa shape index (κ2) is 8.19. The van der Waals surface area contributed by atoms with Crippen LogP contribution in [0.4, 0.5) is 5.69 Å². The number of ether oxygens (including phenoxy) is 1. The van der Waals surface area contributed by atoms with Crippen molar-refractivity contribution >= 4 is 29.3 Å². The average molecular weight is 341 g/mol. The first kappa shape index (κ1) is 17.6. The average Bonchev–Trinajstić information content (AvgIpc) is 2.55. The Morgan fingerprint density at radius 1 is 1.25 bits per heavy atom. The summed E-state index contributed by atoms with van der Waals surface area (Å²) in [4.78, 5) is 12.3. The van der Waals surface area contributed by atoms with Gasteiger partial charge in [-0.05, 0) is 50.3 Å². The van der Waals surface area contributed by atoms with E-state index in [4.69, 9.17) is 16.3 Å². The molecule has 0 atom stereocenters. The van der Waals surface area contributed by atoms with Crippen molar-refractivity contribution in [2.24, 2.45) is 0 Å². The van der Waals surface area contributed by atoms with E-state index in [0.29, 0.717) is 22.0 Å². The van der Waals surface area contributed by atoms with Crippen LogP contribution in [0.1, 0.15) is 19.4 Å². The standard InChI is InChI=1S/C19H17ClN2O2/c1-13(2)24-18-9-8-16(20)11-14(18)10-15(12-21)19(23)22-17-6-4-3-5-7-17/h3-11,13H,1-2H3,(H,22,23)/b15-10+. The number of nitriles is 1. The van der Waals surface area contributed by atoms with Crippen LogP contribution in [-0.2, 0) is 4.79 Å². The molecule has 5 heteroatoms. The summed E-state index contributed by atoms with van der Waals surface area (Å²) in [6, 6.07) is 16.0. The Balaban J connectivity index is 2.31. The lowest BCUT2D eigenvalue weighted by molar-refractivity contribution is -0.112. The number of hydrogen-bond donors (Lipinski definition) is 1. The van der Waals surface area contributed by atoms with Gasteiger partial charge in [-0.2, -0.15) is 5.26 Å². The van der Waals surface area contributed by atoms with Gasteiger partial charge in [-0.25, -0.2) is 0 Å². The van der Waals surface area contributed by atoms with Crippen molar-refractivity contribution in [1.82, 2.24) is 0 Å². The van der Waals surface area contributed by atoms with E-state index in [1.54, 1.807) is 42.5 Å². The Morgan fingerprint density at radius 3 is 2.58 bits per heavy atom. The molecule has 4 nitrogen and oxygen atoms in total. The van der Waals surface area contributed by atoms with Crippen molar-refractivity contribution in [3.63, 3.8) is 0 Å². The minimum Gasteiger partial charge on any atom is -0.490 e. The van der Waals surface area contributed by atoms with Crippen LogP contribution < -0.4 is 10.1 Å². The number of rotatable bonds is 5. The fourth-order valence-electron chi connectivity index (χ4n) is 2.02. The van der Waals surface area contributed by atoms with Crippen LogP contribution in [-0.4, -0.2) is 12.0 Å². The van der Waals surface area contributed by atoms with Crippen molar-refractivity contribution in [2.75, 3.05) is 5.32 Å². The van der Waals surface area contributed by atoms with Gasteiger partial charge < -0.3 is 10.1 Å².